The summed E-state index contributed by atoms with van der Waals surface area (Å²) in [6.45, 7) is 2.38. The Morgan fingerprint density at radius 2 is 1.95 bits per heavy atom. The maximum absolute atomic E-state index is 11.8. The number of imide groups is 1. The summed E-state index contributed by atoms with van der Waals surface area (Å²) >= 11 is 0. The molecule has 8 nitrogen and oxygen atoms in total. The molecule has 1 rings (SSSR count). The number of likely N-dealkylation sites (N-methyl/N-ethyl adjacent to an activating group) is 1. The van der Waals surface area contributed by atoms with Crippen LogP contribution >= 0.6 is 0 Å². The van der Waals surface area contributed by atoms with Gasteiger partial charge in [-0.15, -0.1) is 0 Å². The number of hydrogen-bond acceptors (Lipinski definition) is 4. The third-order valence-corrected chi connectivity index (χ3v) is 3.41. The second-order valence-electron chi connectivity index (χ2n) is 5.26. The van der Waals surface area contributed by atoms with Crippen molar-refractivity contribution in [1.29, 1.82) is 0 Å². The third-order valence-electron chi connectivity index (χ3n) is 3.41. The molecular formula is C14H24N4O4. The number of rotatable bonds is 8. The van der Waals surface area contributed by atoms with E-state index >= 15 is 0 Å². The lowest BCUT2D eigenvalue weighted by molar-refractivity contribution is -0.134. The minimum absolute atomic E-state index is 0.0676. The van der Waals surface area contributed by atoms with Crippen LogP contribution in [0.1, 0.15) is 39.0 Å². The van der Waals surface area contributed by atoms with Crippen molar-refractivity contribution in [1.82, 2.24) is 20.9 Å². The van der Waals surface area contributed by atoms with Crippen LogP contribution in [-0.2, 0) is 14.4 Å². The van der Waals surface area contributed by atoms with E-state index in [4.69, 9.17) is 0 Å². The molecule has 1 aliphatic rings. The van der Waals surface area contributed by atoms with Crippen molar-refractivity contribution >= 4 is 23.8 Å². The van der Waals surface area contributed by atoms with Gasteiger partial charge in [0, 0.05) is 33.0 Å². The number of carbonyl (C=O) groups excluding carboxylic acids is 4. The van der Waals surface area contributed by atoms with E-state index in [-0.39, 0.29) is 31.3 Å². The Labute approximate surface area is 130 Å². The maximum atomic E-state index is 11.8. The summed E-state index contributed by atoms with van der Waals surface area (Å²) in [4.78, 5) is 47.2. The van der Waals surface area contributed by atoms with Crippen molar-refractivity contribution in [2.75, 3.05) is 20.1 Å². The van der Waals surface area contributed by atoms with Crippen LogP contribution in [-0.4, -0.2) is 54.8 Å². The van der Waals surface area contributed by atoms with Gasteiger partial charge >= 0.3 is 6.03 Å². The van der Waals surface area contributed by atoms with Crippen LogP contribution in [0.25, 0.3) is 0 Å². The lowest BCUT2D eigenvalue weighted by atomic mass is 10.2. The molecular weight excluding hydrogens is 288 g/mol. The second kappa shape index (κ2) is 9.01. The highest BCUT2D eigenvalue weighted by Gasteiger charge is 2.32. The molecule has 0 aromatic heterocycles. The number of unbranched alkanes of at least 4 members (excludes halogenated alkanes) is 2. The minimum Gasteiger partial charge on any atom is -0.356 e. The van der Waals surface area contributed by atoms with E-state index in [9.17, 15) is 19.2 Å². The van der Waals surface area contributed by atoms with E-state index < -0.39 is 18.0 Å². The SMILES string of the molecule is CCCCCC(=O)NCCC(=O)N[C@@H]1CNC(=O)N(C)C1=O. The van der Waals surface area contributed by atoms with Crippen LogP contribution in [0.15, 0.2) is 0 Å². The lowest BCUT2D eigenvalue weighted by Crippen LogP contribution is -2.61. The first-order valence-corrected chi connectivity index (χ1v) is 7.57. The molecule has 0 spiro atoms. The number of nitrogens with zero attached hydrogens (tertiary/aromatic N) is 1. The normalized spacial score (nSPS) is 17.9. The average molecular weight is 312 g/mol. The van der Waals surface area contributed by atoms with Crippen LogP contribution in [0.5, 0.6) is 0 Å². The summed E-state index contributed by atoms with van der Waals surface area (Å²) in [6, 6.07) is -1.23. The standard InChI is InChI=1S/C14H24N4O4/c1-3-4-5-6-11(19)15-8-7-12(20)17-10-9-16-14(22)18(2)13(10)21/h10H,3-9H2,1-2H3,(H,15,19)(H,16,22)(H,17,20)/t10-/m1/s1. The van der Waals surface area contributed by atoms with Crippen molar-refractivity contribution in [3.63, 3.8) is 0 Å². The molecule has 0 aromatic rings. The van der Waals surface area contributed by atoms with E-state index in [1.807, 2.05) is 0 Å². The fraction of sp³-hybridized carbons (Fsp3) is 0.714. The number of nitrogens with one attached hydrogen (secondary N) is 3. The molecule has 0 aliphatic carbocycles. The molecule has 0 aromatic carbocycles. The van der Waals surface area contributed by atoms with Crippen molar-refractivity contribution in [2.24, 2.45) is 0 Å². The van der Waals surface area contributed by atoms with E-state index in [2.05, 4.69) is 22.9 Å². The van der Waals surface area contributed by atoms with Crippen LogP contribution in [0, 0.1) is 0 Å². The van der Waals surface area contributed by atoms with Gasteiger partial charge in [-0.25, -0.2) is 4.79 Å². The molecule has 0 radical (unpaired) electrons. The van der Waals surface area contributed by atoms with Crippen LogP contribution in [0.4, 0.5) is 4.79 Å². The molecule has 5 amide bonds. The molecule has 0 unspecified atom stereocenters. The molecule has 8 heteroatoms. The highest BCUT2D eigenvalue weighted by molar-refractivity contribution is 6.00. The molecule has 1 saturated heterocycles. The number of carbonyl (C=O) groups is 4. The summed E-state index contributed by atoms with van der Waals surface area (Å²) in [5.74, 6) is -0.848. The largest absolute Gasteiger partial charge is 0.356 e. The zero-order chi connectivity index (χ0) is 16.5. The molecule has 3 N–H and O–H groups in total. The molecule has 22 heavy (non-hydrogen) atoms. The van der Waals surface area contributed by atoms with Crippen molar-refractivity contribution < 1.29 is 19.2 Å². The van der Waals surface area contributed by atoms with Gasteiger partial charge in [-0.05, 0) is 6.42 Å². The predicted octanol–water partition coefficient (Wildman–Crippen LogP) is -0.261. The fourth-order valence-corrected chi connectivity index (χ4v) is 2.05. The zero-order valence-electron chi connectivity index (χ0n) is 13.1. The van der Waals surface area contributed by atoms with Gasteiger partial charge in [0.05, 0.1) is 0 Å². The highest BCUT2D eigenvalue weighted by atomic mass is 16.2. The van der Waals surface area contributed by atoms with E-state index in [0.717, 1.165) is 24.2 Å². The highest BCUT2D eigenvalue weighted by Crippen LogP contribution is 2.00. The molecule has 0 saturated carbocycles. The Morgan fingerprint density at radius 3 is 2.64 bits per heavy atom. The molecule has 1 heterocycles. The quantitative estimate of drug-likeness (QED) is 0.537. The summed E-state index contributed by atoms with van der Waals surface area (Å²) in [5, 5.41) is 7.72. The number of hydrogen-bond donors (Lipinski definition) is 3. The topological polar surface area (TPSA) is 108 Å². The van der Waals surface area contributed by atoms with Crippen LogP contribution < -0.4 is 16.0 Å². The third kappa shape index (κ3) is 5.71. The summed E-state index contributed by atoms with van der Waals surface area (Å²) in [7, 11) is 1.35. The molecule has 1 atom stereocenters. The van der Waals surface area contributed by atoms with E-state index in [0.29, 0.717) is 6.42 Å². The predicted molar refractivity (Wildman–Crippen MR) is 79.9 cm³/mol. The van der Waals surface area contributed by atoms with Gasteiger partial charge in [0.25, 0.3) is 5.91 Å². The van der Waals surface area contributed by atoms with Crippen molar-refractivity contribution in [2.45, 2.75) is 45.1 Å². The van der Waals surface area contributed by atoms with Crippen LogP contribution in [0.2, 0.25) is 0 Å². The summed E-state index contributed by atoms with van der Waals surface area (Å²) in [5.41, 5.74) is 0. The second-order valence-corrected chi connectivity index (χ2v) is 5.26. The monoisotopic (exact) mass is 312 g/mol. The Bertz CT molecular complexity index is 439. The number of urea groups is 1. The molecule has 124 valence electrons. The molecule has 1 fully saturated rings. The average Bonchev–Trinajstić information content (AvgIpc) is 2.48. The van der Waals surface area contributed by atoms with Gasteiger partial charge in [0.2, 0.25) is 11.8 Å². The van der Waals surface area contributed by atoms with Gasteiger partial charge in [-0.2, -0.15) is 0 Å². The lowest BCUT2D eigenvalue weighted by Gasteiger charge is -2.29. The smallest absolute Gasteiger partial charge is 0.323 e. The first kappa shape index (κ1) is 17.9. The van der Waals surface area contributed by atoms with Gasteiger partial charge in [0.15, 0.2) is 0 Å². The van der Waals surface area contributed by atoms with Gasteiger partial charge in [-0.1, -0.05) is 19.8 Å². The molecule has 0 bridgehead atoms. The van der Waals surface area contributed by atoms with Gasteiger partial charge in [0.1, 0.15) is 6.04 Å². The maximum Gasteiger partial charge on any atom is 0.323 e. The van der Waals surface area contributed by atoms with Crippen molar-refractivity contribution in [3.05, 3.63) is 0 Å². The fourth-order valence-electron chi connectivity index (χ4n) is 2.05. The van der Waals surface area contributed by atoms with Gasteiger partial charge < -0.3 is 16.0 Å². The minimum atomic E-state index is -0.754. The first-order valence-electron chi connectivity index (χ1n) is 7.57. The number of amides is 5. The first-order chi connectivity index (χ1) is 10.5. The zero-order valence-corrected chi connectivity index (χ0v) is 13.1. The van der Waals surface area contributed by atoms with Gasteiger partial charge in [-0.3, -0.25) is 19.3 Å². The summed E-state index contributed by atoms with van der Waals surface area (Å²) < 4.78 is 0. The Morgan fingerprint density at radius 1 is 1.23 bits per heavy atom. The molecule has 1 aliphatic heterocycles. The van der Waals surface area contributed by atoms with E-state index in [1.165, 1.54) is 7.05 Å². The van der Waals surface area contributed by atoms with Crippen molar-refractivity contribution in [3.8, 4) is 0 Å². The van der Waals surface area contributed by atoms with E-state index in [1.54, 1.807) is 0 Å². The summed E-state index contributed by atoms with van der Waals surface area (Å²) in [6.07, 6.45) is 3.47. The Hall–Kier alpha value is -2.12. The van der Waals surface area contributed by atoms with Crippen LogP contribution in [0.3, 0.4) is 0 Å². The Balaban J connectivity index is 2.22. The Kier molecular flexibility index (Phi) is 7.34.